The lowest BCUT2D eigenvalue weighted by Gasteiger charge is -2.29. The molecule has 0 aliphatic carbocycles. The Kier molecular flexibility index (Phi) is 3.67. The Hall–Kier alpha value is -1.77. The monoisotopic (exact) mass is 364 g/mol. The van der Waals surface area contributed by atoms with E-state index >= 15 is 0 Å². The molecule has 0 saturated carbocycles. The second-order valence-electron chi connectivity index (χ2n) is 4.89. The smallest absolute Gasteiger partial charge is 0.273 e. The molecule has 0 radical (unpaired) electrons. The average Bonchev–Trinajstić information content (AvgIpc) is 3.25. The molecule has 0 unspecified atom stereocenters. The van der Waals surface area contributed by atoms with Gasteiger partial charge in [0, 0.05) is 23.3 Å². The predicted octanol–water partition coefficient (Wildman–Crippen LogP) is 3.70. The number of rotatable bonds is 3. The Bertz CT molecular complexity index is 933. The first-order valence-corrected chi connectivity index (χ1v) is 10.2. The van der Waals surface area contributed by atoms with Crippen LogP contribution in [0.5, 0.6) is 0 Å². The van der Waals surface area contributed by atoms with Crippen LogP contribution in [0.4, 0.5) is 5.69 Å². The maximum atomic E-state index is 13.0. The third-order valence-electron chi connectivity index (χ3n) is 3.49. The zero-order chi connectivity index (χ0) is 15.9. The van der Waals surface area contributed by atoms with Crippen LogP contribution in [0, 0.1) is 0 Å². The second kappa shape index (κ2) is 5.70. The van der Waals surface area contributed by atoms with Crippen molar-refractivity contribution in [2.45, 2.75) is 9.10 Å². The molecular weight excluding hydrogens is 352 g/mol. The third kappa shape index (κ3) is 2.56. The van der Waals surface area contributed by atoms with Crippen molar-refractivity contribution in [2.24, 2.45) is 0 Å². The minimum absolute atomic E-state index is 0.311. The molecule has 0 amide bonds. The van der Waals surface area contributed by atoms with Crippen LogP contribution in [0.1, 0.15) is 0 Å². The number of fused-ring (bicyclic) bond motifs is 1. The van der Waals surface area contributed by atoms with Gasteiger partial charge in [-0.05, 0) is 24.3 Å². The van der Waals surface area contributed by atoms with Crippen molar-refractivity contribution in [3.05, 3.63) is 48.7 Å². The number of para-hydroxylation sites is 1. The molecule has 0 fully saturated rings. The van der Waals surface area contributed by atoms with Gasteiger partial charge in [0.2, 0.25) is 0 Å². The Balaban J connectivity index is 1.75. The Morgan fingerprint density at radius 2 is 2.00 bits per heavy atom. The van der Waals surface area contributed by atoms with Crippen LogP contribution >= 0.6 is 23.1 Å². The van der Waals surface area contributed by atoms with E-state index in [2.05, 4.69) is 5.16 Å². The quantitative estimate of drug-likeness (QED) is 0.709. The van der Waals surface area contributed by atoms with E-state index in [0.717, 1.165) is 21.2 Å². The highest BCUT2D eigenvalue weighted by atomic mass is 32.2. The topological polar surface area (TPSA) is 63.4 Å². The van der Waals surface area contributed by atoms with Gasteiger partial charge >= 0.3 is 0 Å². The maximum Gasteiger partial charge on any atom is 0.273 e. The van der Waals surface area contributed by atoms with E-state index in [0.29, 0.717) is 16.5 Å². The van der Waals surface area contributed by atoms with Crippen molar-refractivity contribution >= 4 is 38.8 Å². The summed E-state index contributed by atoms with van der Waals surface area (Å²) >= 11 is 2.88. The SMILES string of the molecule is O=S(=O)(c1ccc(-c2ccno2)s1)N1CCSc2ccccc21. The maximum absolute atomic E-state index is 13.0. The van der Waals surface area contributed by atoms with E-state index in [9.17, 15) is 8.42 Å². The number of hydrogen-bond donors (Lipinski definition) is 0. The molecule has 0 spiro atoms. The van der Waals surface area contributed by atoms with Gasteiger partial charge in [0.1, 0.15) is 4.21 Å². The molecule has 1 aromatic carbocycles. The molecule has 1 aliphatic rings. The van der Waals surface area contributed by atoms with Crippen LogP contribution < -0.4 is 4.31 Å². The van der Waals surface area contributed by atoms with Crippen LogP contribution in [0.25, 0.3) is 10.6 Å². The van der Waals surface area contributed by atoms with E-state index in [1.165, 1.54) is 15.6 Å². The summed E-state index contributed by atoms with van der Waals surface area (Å²) < 4.78 is 32.9. The number of thioether (sulfide) groups is 1. The van der Waals surface area contributed by atoms with E-state index < -0.39 is 10.0 Å². The van der Waals surface area contributed by atoms with Crippen LogP contribution in [0.15, 0.2) is 62.3 Å². The summed E-state index contributed by atoms with van der Waals surface area (Å²) in [4.78, 5) is 1.75. The molecule has 0 saturated heterocycles. The second-order valence-corrected chi connectivity index (χ2v) is 9.20. The number of nitrogens with zero attached hydrogens (tertiary/aromatic N) is 2. The lowest BCUT2D eigenvalue weighted by Crippen LogP contribution is -2.34. The van der Waals surface area contributed by atoms with Gasteiger partial charge in [-0.2, -0.15) is 0 Å². The highest BCUT2D eigenvalue weighted by Crippen LogP contribution is 2.39. The number of anilines is 1. The first-order chi connectivity index (χ1) is 11.2. The van der Waals surface area contributed by atoms with Gasteiger partial charge in [-0.15, -0.1) is 23.1 Å². The van der Waals surface area contributed by atoms with Crippen molar-refractivity contribution in [3.8, 4) is 10.6 Å². The largest absolute Gasteiger partial charge is 0.355 e. The minimum atomic E-state index is -3.57. The third-order valence-corrected chi connectivity index (χ3v) is 7.92. The van der Waals surface area contributed by atoms with E-state index in [4.69, 9.17) is 4.52 Å². The summed E-state index contributed by atoms with van der Waals surface area (Å²) in [6, 6.07) is 12.7. The van der Waals surface area contributed by atoms with Crippen LogP contribution in [0.3, 0.4) is 0 Å². The molecule has 8 heteroatoms. The number of thiophene rings is 1. The normalized spacial score (nSPS) is 14.7. The summed E-state index contributed by atoms with van der Waals surface area (Å²) in [7, 11) is -3.57. The van der Waals surface area contributed by atoms with Crippen molar-refractivity contribution in [1.29, 1.82) is 0 Å². The Morgan fingerprint density at radius 1 is 1.13 bits per heavy atom. The van der Waals surface area contributed by atoms with Gasteiger partial charge in [-0.25, -0.2) is 8.42 Å². The molecular formula is C15H12N2O3S3. The van der Waals surface area contributed by atoms with Gasteiger partial charge in [-0.3, -0.25) is 4.31 Å². The van der Waals surface area contributed by atoms with E-state index in [1.807, 2.05) is 24.3 Å². The van der Waals surface area contributed by atoms with Crippen molar-refractivity contribution in [1.82, 2.24) is 5.16 Å². The van der Waals surface area contributed by atoms with Crippen LogP contribution in [-0.2, 0) is 10.0 Å². The molecule has 3 aromatic rings. The first-order valence-electron chi connectivity index (χ1n) is 6.92. The molecule has 4 rings (SSSR count). The summed E-state index contributed by atoms with van der Waals surface area (Å²) in [5, 5.41) is 3.66. The van der Waals surface area contributed by atoms with Crippen molar-refractivity contribution < 1.29 is 12.9 Å². The molecule has 118 valence electrons. The van der Waals surface area contributed by atoms with E-state index in [-0.39, 0.29) is 0 Å². The number of aromatic nitrogens is 1. The molecule has 5 nitrogen and oxygen atoms in total. The molecule has 1 aliphatic heterocycles. The molecule has 0 atom stereocenters. The minimum Gasteiger partial charge on any atom is -0.355 e. The molecule has 3 heterocycles. The van der Waals surface area contributed by atoms with Gasteiger partial charge in [0.25, 0.3) is 10.0 Å². The summed E-state index contributed by atoms with van der Waals surface area (Å²) in [6.45, 7) is 0.472. The zero-order valence-corrected chi connectivity index (χ0v) is 14.3. The van der Waals surface area contributed by atoms with Gasteiger partial charge in [0.15, 0.2) is 5.76 Å². The Morgan fingerprint density at radius 3 is 2.83 bits per heavy atom. The van der Waals surface area contributed by atoms with Crippen molar-refractivity contribution in [2.75, 3.05) is 16.6 Å². The standard InChI is InChI=1S/C15H12N2O3S3/c18-23(19,15-6-5-14(22-15)12-7-8-16-20-12)17-9-10-21-13-4-2-1-3-11(13)17/h1-8H,9-10H2. The van der Waals surface area contributed by atoms with Gasteiger partial charge in [0.05, 0.1) is 16.8 Å². The molecule has 2 aromatic heterocycles. The van der Waals surface area contributed by atoms with Crippen LogP contribution in [-0.4, -0.2) is 25.9 Å². The fourth-order valence-electron chi connectivity index (χ4n) is 2.44. The lowest BCUT2D eigenvalue weighted by molar-refractivity contribution is 0.433. The first kappa shape index (κ1) is 14.8. The number of hydrogen-bond acceptors (Lipinski definition) is 6. The molecule has 23 heavy (non-hydrogen) atoms. The highest BCUT2D eigenvalue weighted by molar-refractivity contribution is 8.00. The zero-order valence-electron chi connectivity index (χ0n) is 11.9. The fourth-order valence-corrected chi connectivity index (χ4v) is 6.47. The summed E-state index contributed by atoms with van der Waals surface area (Å²) in [5.41, 5.74) is 0.748. The fraction of sp³-hybridized carbons (Fsp3) is 0.133. The van der Waals surface area contributed by atoms with Crippen molar-refractivity contribution in [3.63, 3.8) is 0 Å². The Labute approximate surface area is 142 Å². The van der Waals surface area contributed by atoms with Gasteiger partial charge in [-0.1, -0.05) is 17.3 Å². The van der Waals surface area contributed by atoms with Crippen LogP contribution in [0.2, 0.25) is 0 Å². The predicted molar refractivity (Wildman–Crippen MR) is 91.5 cm³/mol. The lowest BCUT2D eigenvalue weighted by atomic mass is 10.3. The van der Waals surface area contributed by atoms with E-state index in [1.54, 1.807) is 36.2 Å². The number of benzene rings is 1. The molecule has 0 N–H and O–H groups in total. The van der Waals surface area contributed by atoms with Gasteiger partial charge < -0.3 is 4.52 Å². The number of sulfonamides is 1. The average molecular weight is 364 g/mol. The molecule has 0 bridgehead atoms. The summed E-state index contributed by atoms with van der Waals surface area (Å²) in [6.07, 6.45) is 1.54. The summed E-state index contributed by atoms with van der Waals surface area (Å²) in [5.74, 6) is 1.32. The highest BCUT2D eigenvalue weighted by Gasteiger charge is 2.30.